The highest BCUT2D eigenvalue weighted by molar-refractivity contribution is 5.61. The highest BCUT2D eigenvalue weighted by Gasteiger charge is 2.10. The van der Waals surface area contributed by atoms with Crippen molar-refractivity contribution in [3.63, 3.8) is 0 Å². The molecule has 0 bridgehead atoms. The van der Waals surface area contributed by atoms with Crippen LogP contribution >= 0.6 is 0 Å². The van der Waals surface area contributed by atoms with Crippen molar-refractivity contribution in [3.05, 3.63) is 136 Å². The second-order valence-corrected chi connectivity index (χ2v) is 9.34. The maximum absolute atomic E-state index is 5.61. The van der Waals surface area contributed by atoms with Gasteiger partial charge in [-0.1, -0.05) is 41.9 Å². The Morgan fingerprint density at radius 3 is 1.02 bits per heavy atom. The number of hydrogen-bond acceptors (Lipinski definition) is 7. The number of hydrogen-bond donors (Lipinski definition) is 0. The minimum absolute atomic E-state index is 0.538. The molecule has 0 saturated carbocycles. The van der Waals surface area contributed by atoms with E-state index in [2.05, 4.69) is 62.3 Å². The van der Waals surface area contributed by atoms with Crippen molar-refractivity contribution in [2.45, 2.75) is 0 Å². The highest BCUT2D eigenvalue weighted by Crippen LogP contribution is 2.29. The van der Waals surface area contributed by atoms with E-state index in [4.69, 9.17) is 18.9 Å². The van der Waals surface area contributed by atoms with Gasteiger partial charge in [0.1, 0.15) is 45.8 Å². The van der Waals surface area contributed by atoms with Gasteiger partial charge in [0.25, 0.3) is 0 Å². The Kier molecular flexibility index (Phi) is 10.2. The quantitative estimate of drug-likeness (QED) is 0.252. The molecule has 0 aliphatic carbocycles. The van der Waals surface area contributed by atoms with Gasteiger partial charge in [0.2, 0.25) is 0 Å². The first-order chi connectivity index (χ1) is 22.6. The number of methoxy groups -OCH3 is 4. The SMILES string of the molecule is COc1cc(C#Cc2cccc(C#Cc3cc(OC)c(C#Cc4ccccn4)cc3OC)n2)c(OC)cc1C#Cc1ccccn1. The van der Waals surface area contributed by atoms with Gasteiger partial charge in [-0.15, -0.1) is 0 Å². The molecule has 0 radical (unpaired) electrons. The van der Waals surface area contributed by atoms with E-state index in [1.54, 1.807) is 65.1 Å². The average Bonchev–Trinajstić information content (AvgIpc) is 3.12. The average molecular weight is 602 g/mol. The molecular formula is C39H27N3O4. The van der Waals surface area contributed by atoms with Crippen LogP contribution in [-0.4, -0.2) is 43.4 Å². The van der Waals surface area contributed by atoms with Crippen molar-refractivity contribution in [1.82, 2.24) is 15.0 Å². The normalized spacial score (nSPS) is 9.48. The predicted octanol–water partition coefficient (Wildman–Crippen LogP) is 5.51. The van der Waals surface area contributed by atoms with Gasteiger partial charge >= 0.3 is 0 Å². The molecule has 0 atom stereocenters. The highest BCUT2D eigenvalue weighted by atomic mass is 16.5. The van der Waals surface area contributed by atoms with Gasteiger partial charge in [-0.25, -0.2) is 15.0 Å². The summed E-state index contributed by atoms with van der Waals surface area (Å²) in [4.78, 5) is 13.1. The van der Waals surface area contributed by atoms with E-state index >= 15 is 0 Å². The minimum Gasteiger partial charge on any atom is -0.495 e. The van der Waals surface area contributed by atoms with Crippen molar-refractivity contribution >= 4 is 0 Å². The Hall–Kier alpha value is -6.67. The summed E-state index contributed by atoms with van der Waals surface area (Å²) in [6, 6.07) is 23.8. The smallest absolute Gasteiger partial charge is 0.136 e. The summed E-state index contributed by atoms with van der Waals surface area (Å²) in [6.07, 6.45) is 3.39. The first-order valence-corrected chi connectivity index (χ1v) is 14.0. The second-order valence-electron chi connectivity index (χ2n) is 9.34. The number of benzene rings is 2. The van der Waals surface area contributed by atoms with Crippen LogP contribution in [0.1, 0.15) is 45.0 Å². The lowest BCUT2D eigenvalue weighted by Crippen LogP contribution is -1.95. The molecule has 3 heterocycles. The van der Waals surface area contributed by atoms with Crippen LogP contribution in [-0.2, 0) is 0 Å². The molecule has 2 aromatic carbocycles. The number of aromatic nitrogens is 3. The van der Waals surface area contributed by atoms with Gasteiger partial charge in [0, 0.05) is 36.7 Å². The lowest BCUT2D eigenvalue weighted by atomic mass is 10.1. The summed E-state index contributed by atoms with van der Waals surface area (Å²) in [5.41, 5.74) is 4.96. The molecule has 0 N–H and O–H groups in total. The summed E-state index contributed by atoms with van der Waals surface area (Å²) in [6.45, 7) is 0. The zero-order chi connectivity index (χ0) is 32.1. The molecule has 7 nitrogen and oxygen atoms in total. The molecule has 0 fully saturated rings. The maximum Gasteiger partial charge on any atom is 0.136 e. The summed E-state index contributed by atoms with van der Waals surface area (Å²) >= 11 is 0. The van der Waals surface area contributed by atoms with Crippen LogP contribution < -0.4 is 18.9 Å². The molecule has 0 amide bonds. The lowest BCUT2D eigenvalue weighted by molar-refractivity contribution is 0.401. The summed E-state index contributed by atoms with van der Waals surface area (Å²) in [5, 5.41) is 0. The summed E-state index contributed by atoms with van der Waals surface area (Å²) in [7, 11) is 6.34. The van der Waals surface area contributed by atoms with Gasteiger partial charge in [-0.2, -0.15) is 0 Å². The fourth-order valence-electron chi connectivity index (χ4n) is 4.16. The largest absolute Gasteiger partial charge is 0.495 e. The molecular weight excluding hydrogens is 574 g/mol. The van der Waals surface area contributed by atoms with E-state index < -0.39 is 0 Å². The van der Waals surface area contributed by atoms with Gasteiger partial charge < -0.3 is 18.9 Å². The maximum atomic E-state index is 5.61. The summed E-state index contributed by atoms with van der Waals surface area (Å²) in [5.74, 6) is 27.0. The van der Waals surface area contributed by atoms with Gasteiger partial charge in [0.15, 0.2) is 0 Å². The van der Waals surface area contributed by atoms with Gasteiger partial charge in [-0.3, -0.25) is 0 Å². The molecule has 0 saturated heterocycles. The van der Waals surface area contributed by atoms with E-state index in [-0.39, 0.29) is 0 Å². The van der Waals surface area contributed by atoms with Crippen molar-refractivity contribution in [2.24, 2.45) is 0 Å². The number of nitrogens with zero attached hydrogens (tertiary/aromatic N) is 3. The van der Waals surface area contributed by atoms with Crippen molar-refractivity contribution < 1.29 is 18.9 Å². The van der Waals surface area contributed by atoms with E-state index in [1.807, 2.05) is 54.6 Å². The van der Waals surface area contributed by atoms with Gasteiger partial charge in [-0.05, 0) is 60.1 Å². The molecule has 7 heteroatoms. The standard InChI is InChI=1S/C39H27N3O4/c1-43-36-26-30(38(45-3)24-28(36)14-18-32-10-5-7-22-40-32)16-20-34-12-9-13-35(42-34)21-17-31-27-37(44-2)29(25-39(31)46-4)15-19-33-11-6-8-23-41-33/h5-13,22-27H,1-4H3. The van der Waals surface area contributed by atoms with Crippen LogP contribution in [0.25, 0.3) is 0 Å². The second kappa shape index (κ2) is 15.2. The fourth-order valence-corrected chi connectivity index (χ4v) is 4.16. The first kappa shape index (κ1) is 30.8. The van der Waals surface area contributed by atoms with Crippen molar-refractivity contribution in [1.29, 1.82) is 0 Å². The minimum atomic E-state index is 0.538. The monoisotopic (exact) mass is 601 g/mol. The molecule has 0 unspecified atom stereocenters. The van der Waals surface area contributed by atoms with Crippen LogP contribution in [0, 0.1) is 47.4 Å². The third kappa shape index (κ3) is 7.83. The Labute approximate surface area is 268 Å². The topological polar surface area (TPSA) is 75.6 Å². The predicted molar refractivity (Wildman–Crippen MR) is 176 cm³/mol. The summed E-state index contributed by atoms with van der Waals surface area (Å²) < 4.78 is 22.4. The Bertz CT molecular complexity index is 1970. The molecule has 0 aliphatic rings. The molecule has 0 aliphatic heterocycles. The van der Waals surface area contributed by atoms with Crippen molar-refractivity contribution in [2.75, 3.05) is 28.4 Å². The third-order valence-electron chi connectivity index (χ3n) is 6.42. The zero-order valence-electron chi connectivity index (χ0n) is 25.6. The van der Waals surface area contributed by atoms with Crippen LogP contribution in [0.4, 0.5) is 0 Å². The first-order valence-electron chi connectivity index (χ1n) is 14.0. The molecule has 46 heavy (non-hydrogen) atoms. The Balaban J connectivity index is 1.41. The van der Waals surface area contributed by atoms with Crippen LogP contribution in [0.15, 0.2) is 91.3 Å². The molecule has 3 aromatic heterocycles. The fraction of sp³-hybridized carbons (Fsp3) is 0.103. The zero-order valence-corrected chi connectivity index (χ0v) is 25.6. The molecule has 5 aromatic rings. The van der Waals surface area contributed by atoms with Crippen LogP contribution in [0.2, 0.25) is 0 Å². The third-order valence-corrected chi connectivity index (χ3v) is 6.42. The van der Waals surface area contributed by atoms with Crippen LogP contribution in [0.3, 0.4) is 0 Å². The number of rotatable bonds is 4. The Morgan fingerprint density at radius 2 is 0.717 bits per heavy atom. The number of pyridine rings is 3. The van der Waals surface area contributed by atoms with E-state index in [1.165, 1.54) is 0 Å². The molecule has 222 valence electrons. The molecule has 0 spiro atoms. The van der Waals surface area contributed by atoms with Crippen LogP contribution in [0.5, 0.6) is 23.0 Å². The van der Waals surface area contributed by atoms with E-state index in [0.717, 1.165) is 0 Å². The number of ether oxygens (including phenoxy) is 4. The van der Waals surface area contributed by atoms with E-state index in [9.17, 15) is 0 Å². The Morgan fingerprint density at radius 1 is 0.391 bits per heavy atom. The van der Waals surface area contributed by atoms with Gasteiger partial charge in [0.05, 0.1) is 50.7 Å². The van der Waals surface area contributed by atoms with Crippen molar-refractivity contribution in [3.8, 4) is 70.4 Å². The van der Waals surface area contributed by atoms with E-state index in [0.29, 0.717) is 68.0 Å². The lowest BCUT2D eigenvalue weighted by Gasteiger charge is -2.09. The molecule has 5 rings (SSSR count).